The molecule has 2 aliphatic heterocycles. The largest absolute Gasteiger partial charge is 0.337 e. The van der Waals surface area contributed by atoms with Crippen molar-refractivity contribution in [2.24, 2.45) is 0 Å². The van der Waals surface area contributed by atoms with Crippen LogP contribution in [0.5, 0.6) is 0 Å². The van der Waals surface area contributed by atoms with Crippen LogP contribution in [0.1, 0.15) is 41.0 Å². The van der Waals surface area contributed by atoms with Gasteiger partial charge in [-0.3, -0.25) is 9.69 Å². The lowest BCUT2D eigenvalue weighted by Gasteiger charge is -2.39. The van der Waals surface area contributed by atoms with E-state index in [1.807, 2.05) is 24.3 Å². The SMILES string of the molecule is CN1CCN(C2CCCCN(C(=O)c3cccc(Cc4nn[nH]n4)c3)C2)CC1. The van der Waals surface area contributed by atoms with Gasteiger partial charge in [0.1, 0.15) is 0 Å². The maximum atomic E-state index is 13.2. The fraction of sp³-hybridized carbons (Fsp3) is 0.600. The summed E-state index contributed by atoms with van der Waals surface area (Å²) in [5, 5.41) is 14.1. The van der Waals surface area contributed by atoms with Crippen molar-refractivity contribution in [3.8, 4) is 0 Å². The summed E-state index contributed by atoms with van der Waals surface area (Å²) in [4.78, 5) is 20.3. The van der Waals surface area contributed by atoms with Gasteiger partial charge < -0.3 is 9.80 Å². The lowest BCUT2D eigenvalue weighted by Crippen LogP contribution is -2.52. The molecule has 150 valence electrons. The minimum atomic E-state index is 0.135. The number of amides is 1. The molecule has 2 fully saturated rings. The quantitative estimate of drug-likeness (QED) is 0.849. The van der Waals surface area contributed by atoms with Crippen LogP contribution in [-0.2, 0) is 6.42 Å². The number of tetrazole rings is 1. The van der Waals surface area contributed by atoms with E-state index >= 15 is 0 Å². The highest BCUT2D eigenvalue weighted by molar-refractivity contribution is 5.94. The third-order valence-electron chi connectivity index (χ3n) is 5.91. The number of hydrogen-bond acceptors (Lipinski definition) is 6. The van der Waals surface area contributed by atoms with Crippen LogP contribution in [-0.4, -0.2) is 93.6 Å². The number of nitrogens with one attached hydrogen (secondary N) is 1. The Morgan fingerprint density at radius 1 is 1.18 bits per heavy atom. The van der Waals surface area contributed by atoms with Gasteiger partial charge in [0.15, 0.2) is 5.82 Å². The lowest BCUT2D eigenvalue weighted by atomic mass is 10.1. The molecular weight excluding hydrogens is 354 g/mol. The first-order valence-corrected chi connectivity index (χ1v) is 10.2. The molecule has 0 bridgehead atoms. The lowest BCUT2D eigenvalue weighted by molar-refractivity contribution is 0.0631. The highest BCUT2D eigenvalue weighted by atomic mass is 16.2. The molecule has 4 rings (SSSR count). The second kappa shape index (κ2) is 8.79. The van der Waals surface area contributed by atoms with E-state index in [0.29, 0.717) is 18.3 Å². The Labute approximate surface area is 165 Å². The van der Waals surface area contributed by atoms with Crippen molar-refractivity contribution in [3.63, 3.8) is 0 Å². The Morgan fingerprint density at radius 2 is 2.04 bits per heavy atom. The molecule has 8 heteroatoms. The first-order valence-electron chi connectivity index (χ1n) is 10.2. The fourth-order valence-electron chi connectivity index (χ4n) is 4.23. The van der Waals surface area contributed by atoms with Gasteiger partial charge in [-0.05, 0) is 37.6 Å². The molecule has 0 saturated carbocycles. The van der Waals surface area contributed by atoms with Crippen LogP contribution in [0.15, 0.2) is 24.3 Å². The van der Waals surface area contributed by atoms with Crippen molar-refractivity contribution in [1.82, 2.24) is 35.3 Å². The van der Waals surface area contributed by atoms with Crippen molar-refractivity contribution in [1.29, 1.82) is 0 Å². The molecule has 8 nitrogen and oxygen atoms in total. The van der Waals surface area contributed by atoms with E-state index in [1.165, 1.54) is 12.8 Å². The minimum Gasteiger partial charge on any atom is -0.337 e. The molecule has 1 amide bonds. The van der Waals surface area contributed by atoms with Crippen LogP contribution >= 0.6 is 0 Å². The number of carbonyl (C=O) groups excluding carboxylic acids is 1. The highest BCUT2D eigenvalue weighted by Gasteiger charge is 2.28. The molecule has 0 spiro atoms. The predicted molar refractivity (Wildman–Crippen MR) is 106 cm³/mol. The van der Waals surface area contributed by atoms with Gasteiger partial charge in [-0.1, -0.05) is 23.8 Å². The Kier molecular flexibility index (Phi) is 5.97. The number of piperazine rings is 1. The van der Waals surface area contributed by atoms with E-state index in [9.17, 15) is 4.79 Å². The van der Waals surface area contributed by atoms with Gasteiger partial charge in [-0.15, -0.1) is 10.2 Å². The summed E-state index contributed by atoms with van der Waals surface area (Å²) in [5.74, 6) is 0.769. The number of rotatable bonds is 4. The van der Waals surface area contributed by atoms with Crippen molar-refractivity contribution < 1.29 is 4.79 Å². The minimum absolute atomic E-state index is 0.135. The average molecular weight is 384 g/mol. The van der Waals surface area contributed by atoms with Gasteiger partial charge in [0.05, 0.1) is 0 Å². The molecule has 1 aromatic heterocycles. The van der Waals surface area contributed by atoms with Crippen molar-refractivity contribution in [3.05, 3.63) is 41.2 Å². The summed E-state index contributed by atoms with van der Waals surface area (Å²) in [7, 11) is 2.18. The van der Waals surface area contributed by atoms with Crippen LogP contribution < -0.4 is 0 Å². The Balaban J connectivity index is 1.44. The summed E-state index contributed by atoms with van der Waals surface area (Å²) >= 11 is 0. The van der Waals surface area contributed by atoms with Crippen molar-refractivity contribution in [2.75, 3.05) is 46.3 Å². The molecule has 0 aliphatic carbocycles. The van der Waals surface area contributed by atoms with Gasteiger partial charge in [-0.25, -0.2) is 0 Å². The second-order valence-electron chi connectivity index (χ2n) is 7.95. The smallest absolute Gasteiger partial charge is 0.253 e. The van der Waals surface area contributed by atoms with Crippen LogP contribution in [0.3, 0.4) is 0 Å². The van der Waals surface area contributed by atoms with Gasteiger partial charge in [0.2, 0.25) is 0 Å². The number of likely N-dealkylation sites (tertiary alicyclic amines) is 1. The third-order valence-corrected chi connectivity index (χ3v) is 5.91. The number of aromatic amines is 1. The van der Waals surface area contributed by atoms with E-state index < -0.39 is 0 Å². The van der Waals surface area contributed by atoms with Crippen LogP contribution in [0.4, 0.5) is 0 Å². The van der Waals surface area contributed by atoms with E-state index in [4.69, 9.17) is 0 Å². The van der Waals surface area contributed by atoms with Crippen LogP contribution in [0.2, 0.25) is 0 Å². The summed E-state index contributed by atoms with van der Waals surface area (Å²) in [6.07, 6.45) is 4.03. The van der Waals surface area contributed by atoms with Gasteiger partial charge in [0, 0.05) is 57.3 Å². The van der Waals surface area contributed by atoms with E-state index in [1.54, 1.807) is 0 Å². The zero-order valence-electron chi connectivity index (χ0n) is 16.5. The molecule has 2 aromatic rings. The number of likely N-dealkylation sites (N-methyl/N-ethyl adjacent to an activating group) is 1. The molecule has 2 saturated heterocycles. The summed E-state index contributed by atoms with van der Waals surface area (Å²) in [6.45, 7) is 6.10. The fourth-order valence-corrected chi connectivity index (χ4v) is 4.23. The summed E-state index contributed by atoms with van der Waals surface area (Å²) < 4.78 is 0. The van der Waals surface area contributed by atoms with E-state index in [0.717, 1.165) is 56.8 Å². The topological polar surface area (TPSA) is 81.2 Å². The highest BCUT2D eigenvalue weighted by Crippen LogP contribution is 2.20. The number of benzene rings is 1. The Morgan fingerprint density at radius 3 is 2.82 bits per heavy atom. The molecule has 1 aromatic carbocycles. The Hall–Kier alpha value is -2.32. The normalized spacial score (nSPS) is 22.2. The van der Waals surface area contributed by atoms with Crippen molar-refractivity contribution >= 4 is 5.91 Å². The summed E-state index contributed by atoms with van der Waals surface area (Å²) in [5.41, 5.74) is 1.78. The number of aromatic nitrogens is 4. The van der Waals surface area contributed by atoms with Gasteiger partial charge >= 0.3 is 0 Å². The number of hydrogen-bond donors (Lipinski definition) is 1. The number of carbonyl (C=O) groups is 1. The third kappa shape index (κ3) is 4.56. The predicted octanol–water partition coefficient (Wildman–Crippen LogP) is 1.03. The number of H-pyrrole nitrogens is 1. The molecule has 1 N–H and O–H groups in total. The zero-order valence-corrected chi connectivity index (χ0v) is 16.5. The standard InChI is InChI=1S/C20H29N7O/c1-25-9-11-26(12-10-25)18-7-2-3-8-27(15-18)20(28)17-6-4-5-16(13-17)14-19-21-23-24-22-19/h4-6,13,18H,2-3,7-12,14-15H2,1H3,(H,21,22,23,24). The van der Waals surface area contributed by atoms with Crippen LogP contribution in [0, 0.1) is 0 Å². The zero-order chi connectivity index (χ0) is 19.3. The first kappa shape index (κ1) is 19.0. The second-order valence-corrected chi connectivity index (χ2v) is 7.95. The van der Waals surface area contributed by atoms with Crippen molar-refractivity contribution in [2.45, 2.75) is 31.7 Å². The monoisotopic (exact) mass is 383 g/mol. The molecule has 3 heterocycles. The summed E-state index contributed by atoms with van der Waals surface area (Å²) in [6, 6.07) is 8.30. The van der Waals surface area contributed by atoms with E-state index in [2.05, 4.69) is 42.4 Å². The maximum Gasteiger partial charge on any atom is 0.253 e. The molecule has 28 heavy (non-hydrogen) atoms. The molecule has 1 unspecified atom stereocenters. The van der Waals surface area contributed by atoms with E-state index in [-0.39, 0.29) is 5.91 Å². The number of nitrogens with zero attached hydrogens (tertiary/aromatic N) is 6. The average Bonchev–Trinajstić information content (AvgIpc) is 3.10. The molecule has 1 atom stereocenters. The molecule has 0 radical (unpaired) electrons. The Bertz CT molecular complexity index is 771. The van der Waals surface area contributed by atoms with Crippen LogP contribution in [0.25, 0.3) is 0 Å². The first-order chi connectivity index (χ1) is 13.7. The maximum absolute atomic E-state index is 13.2. The molecule has 2 aliphatic rings. The molecular formula is C20H29N7O. The van der Waals surface area contributed by atoms with Gasteiger partial charge in [0.25, 0.3) is 5.91 Å². The van der Waals surface area contributed by atoms with Gasteiger partial charge in [-0.2, -0.15) is 5.21 Å².